The van der Waals surface area contributed by atoms with Gasteiger partial charge in [-0.15, -0.1) is 0 Å². The highest BCUT2D eigenvalue weighted by Gasteiger charge is 2.33. The van der Waals surface area contributed by atoms with Crippen LogP contribution in [0.4, 0.5) is 0 Å². The van der Waals surface area contributed by atoms with Crippen LogP contribution in [0.15, 0.2) is 0 Å². The van der Waals surface area contributed by atoms with Crippen LogP contribution in [0.25, 0.3) is 0 Å². The molecule has 0 bridgehead atoms. The molecule has 1 aromatic rings. The van der Waals surface area contributed by atoms with Crippen LogP contribution in [0.5, 0.6) is 17.2 Å². The minimum absolute atomic E-state index is 0.106. The normalized spacial score (nSPS) is 11.3. The number of ether oxygens (including phenoxy) is 2. The number of carbonyl (C=O) groups is 1. The van der Waals surface area contributed by atoms with Gasteiger partial charge in [-0.05, 0) is 18.8 Å². The molecule has 2 N–H and O–H groups in total. The van der Waals surface area contributed by atoms with E-state index in [-0.39, 0.29) is 22.8 Å². The highest BCUT2D eigenvalue weighted by molar-refractivity contribution is 5.96. The maximum absolute atomic E-state index is 12.4. The van der Waals surface area contributed by atoms with E-state index in [0.717, 1.165) is 0 Å². The second kappa shape index (κ2) is 6.24. The van der Waals surface area contributed by atoms with Gasteiger partial charge in [0.15, 0.2) is 11.5 Å². The number of rotatable bonds is 4. The first-order valence-corrected chi connectivity index (χ1v) is 6.96. The number of carbonyl (C=O) groups excluding carboxylic acids is 1. The lowest BCUT2D eigenvalue weighted by molar-refractivity contribution is 0.0500. The van der Waals surface area contributed by atoms with Gasteiger partial charge in [0.05, 0.1) is 19.3 Å². The summed E-state index contributed by atoms with van der Waals surface area (Å²) in [5.74, 6) is -1.13. The summed E-state index contributed by atoms with van der Waals surface area (Å²) in [4.78, 5) is 12.4. The van der Waals surface area contributed by atoms with Crippen molar-refractivity contribution >= 4 is 5.97 Å². The molecule has 1 rings (SSSR count). The van der Waals surface area contributed by atoms with Crippen molar-refractivity contribution in [2.45, 2.75) is 46.5 Å². The number of aromatic hydroxyl groups is 2. The predicted octanol–water partition coefficient (Wildman–Crippen LogP) is 3.28. The quantitative estimate of drug-likeness (QED) is 0.658. The molecule has 1 aromatic carbocycles. The van der Waals surface area contributed by atoms with Gasteiger partial charge in [0.2, 0.25) is 5.75 Å². The first-order valence-electron chi connectivity index (χ1n) is 6.96. The Balaban J connectivity index is 3.67. The monoisotopic (exact) mass is 296 g/mol. The second-order valence-corrected chi connectivity index (χ2v) is 5.99. The summed E-state index contributed by atoms with van der Waals surface area (Å²) in [7, 11) is 1.39. The molecule has 0 amide bonds. The van der Waals surface area contributed by atoms with Crippen LogP contribution in [-0.2, 0) is 10.2 Å². The number of benzene rings is 1. The molecule has 0 saturated carbocycles. The average Bonchev–Trinajstić information content (AvgIpc) is 2.40. The van der Waals surface area contributed by atoms with Crippen molar-refractivity contribution in [3.8, 4) is 17.2 Å². The van der Waals surface area contributed by atoms with Crippen LogP contribution >= 0.6 is 0 Å². The van der Waals surface area contributed by atoms with E-state index in [9.17, 15) is 15.0 Å². The fourth-order valence-corrected chi connectivity index (χ4v) is 2.26. The first kappa shape index (κ1) is 17.1. The number of hydrogen-bond acceptors (Lipinski definition) is 5. The van der Waals surface area contributed by atoms with Gasteiger partial charge in [0.25, 0.3) is 0 Å². The van der Waals surface area contributed by atoms with Crippen LogP contribution in [0.3, 0.4) is 0 Å². The third-order valence-electron chi connectivity index (χ3n) is 3.24. The molecule has 0 radical (unpaired) electrons. The lowest BCUT2D eigenvalue weighted by Crippen LogP contribution is -2.21. The molecule has 5 heteroatoms. The molecule has 5 nitrogen and oxygen atoms in total. The summed E-state index contributed by atoms with van der Waals surface area (Å²) in [6.45, 7) is 9.48. The molecule has 0 aliphatic rings. The number of phenolic OH excluding ortho intramolecular Hbond substituents is 2. The van der Waals surface area contributed by atoms with Gasteiger partial charge < -0.3 is 19.7 Å². The van der Waals surface area contributed by atoms with Crippen LogP contribution < -0.4 is 4.74 Å². The molecule has 0 atom stereocenters. The summed E-state index contributed by atoms with van der Waals surface area (Å²) in [6.07, 6.45) is 0.705. The Hall–Kier alpha value is -1.91. The third-order valence-corrected chi connectivity index (χ3v) is 3.24. The van der Waals surface area contributed by atoms with E-state index < -0.39 is 11.4 Å². The standard InChI is InChI=1S/C16H24O5/c1-7-8-21-15(19)10-9(2)12(17)13(18)14(20-6)11(10)16(3,4)5/h17-18H,7-8H2,1-6H3. The van der Waals surface area contributed by atoms with Crippen LogP contribution in [0, 0.1) is 6.92 Å². The molecule has 0 heterocycles. The summed E-state index contributed by atoms with van der Waals surface area (Å²) < 4.78 is 10.4. The Morgan fingerprint density at radius 1 is 1.19 bits per heavy atom. The lowest BCUT2D eigenvalue weighted by Gasteiger charge is -2.27. The fraction of sp³-hybridized carbons (Fsp3) is 0.562. The zero-order valence-electron chi connectivity index (χ0n) is 13.5. The number of methoxy groups -OCH3 is 1. The third kappa shape index (κ3) is 3.23. The van der Waals surface area contributed by atoms with Gasteiger partial charge in [0, 0.05) is 11.1 Å². The van der Waals surface area contributed by atoms with Crippen LogP contribution in [0.2, 0.25) is 0 Å². The van der Waals surface area contributed by atoms with Crippen molar-refractivity contribution in [3.63, 3.8) is 0 Å². The van der Waals surface area contributed by atoms with E-state index in [1.54, 1.807) is 6.92 Å². The average molecular weight is 296 g/mol. The van der Waals surface area contributed by atoms with Crippen molar-refractivity contribution in [1.82, 2.24) is 0 Å². The van der Waals surface area contributed by atoms with Crippen molar-refractivity contribution < 1.29 is 24.5 Å². The Bertz CT molecular complexity index is 541. The smallest absolute Gasteiger partial charge is 0.338 e. The number of phenols is 2. The minimum atomic E-state index is -0.520. The van der Waals surface area contributed by atoms with Gasteiger partial charge in [-0.2, -0.15) is 0 Å². The summed E-state index contributed by atoms with van der Waals surface area (Å²) >= 11 is 0. The molecule has 0 spiro atoms. The SMILES string of the molecule is CCCOC(=O)c1c(C)c(O)c(O)c(OC)c1C(C)(C)C. The highest BCUT2D eigenvalue weighted by atomic mass is 16.5. The van der Waals surface area contributed by atoms with Crippen LogP contribution in [-0.4, -0.2) is 29.9 Å². The Morgan fingerprint density at radius 3 is 2.19 bits per heavy atom. The van der Waals surface area contributed by atoms with E-state index in [0.29, 0.717) is 24.2 Å². The Kier molecular flexibility index (Phi) is 5.10. The van der Waals surface area contributed by atoms with E-state index in [4.69, 9.17) is 9.47 Å². The molecule has 118 valence electrons. The highest BCUT2D eigenvalue weighted by Crippen LogP contribution is 2.48. The van der Waals surface area contributed by atoms with E-state index in [2.05, 4.69) is 0 Å². The molecule has 0 fully saturated rings. The zero-order chi connectivity index (χ0) is 16.4. The summed E-state index contributed by atoms with van der Waals surface area (Å²) in [5.41, 5.74) is 0.600. The van der Waals surface area contributed by atoms with Gasteiger partial charge in [0.1, 0.15) is 0 Å². The summed E-state index contributed by atoms with van der Waals surface area (Å²) in [6, 6.07) is 0. The molecule has 0 saturated heterocycles. The van der Waals surface area contributed by atoms with E-state index in [1.165, 1.54) is 7.11 Å². The van der Waals surface area contributed by atoms with Gasteiger partial charge in [-0.3, -0.25) is 0 Å². The van der Waals surface area contributed by atoms with Crippen molar-refractivity contribution in [1.29, 1.82) is 0 Å². The van der Waals surface area contributed by atoms with Crippen LogP contribution in [0.1, 0.15) is 55.6 Å². The molecule has 0 aliphatic heterocycles. The Labute approximate surface area is 125 Å². The largest absolute Gasteiger partial charge is 0.504 e. The molecule has 0 aromatic heterocycles. The van der Waals surface area contributed by atoms with Gasteiger partial charge in [-0.1, -0.05) is 27.7 Å². The van der Waals surface area contributed by atoms with Crippen molar-refractivity contribution in [2.24, 2.45) is 0 Å². The van der Waals surface area contributed by atoms with Crippen molar-refractivity contribution in [3.05, 3.63) is 16.7 Å². The molecule has 0 unspecified atom stereocenters. The minimum Gasteiger partial charge on any atom is -0.504 e. The lowest BCUT2D eigenvalue weighted by atomic mass is 9.80. The Morgan fingerprint density at radius 2 is 1.76 bits per heavy atom. The van der Waals surface area contributed by atoms with Gasteiger partial charge in [-0.25, -0.2) is 4.79 Å². The zero-order valence-corrected chi connectivity index (χ0v) is 13.5. The second-order valence-electron chi connectivity index (χ2n) is 5.99. The number of hydrogen-bond donors (Lipinski definition) is 2. The molecule has 21 heavy (non-hydrogen) atoms. The molecular weight excluding hydrogens is 272 g/mol. The molecular formula is C16H24O5. The molecule has 0 aliphatic carbocycles. The summed E-state index contributed by atoms with van der Waals surface area (Å²) in [5, 5.41) is 20.1. The van der Waals surface area contributed by atoms with E-state index in [1.807, 2.05) is 27.7 Å². The number of esters is 1. The van der Waals surface area contributed by atoms with Crippen molar-refractivity contribution in [2.75, 3.05) is 13.7 Å². The maximum atomic E-state index is 12.4. The topological polar surface area (TPSA) is 76.0 Å². The maximum Gasteiger partial charge on any atom is 0.338 e. The first-order chi connectivity index (χ1) is 9.66. The van der Waals surface area contributed by atoms with Gasteiger partial charge >= 0.3 is 5.97 Å². The van der Waals surface area contributed by atoms with E-state index >= 15 is 0 Å². The fourth-order valence-electron chi connectivity index (χ4n) is 2.26. The predicted molar refractivity (Wildman–Crippen MR) is 80.3 cm³/mol.